The molecule has 0 spiro atoms. The average Bonchev–Trinajstić information content (AvgIpc) is 3.09. The molecule has 1 heterocycles. The molecule has 0 aliphatic heterocycles. The fourth-order valence-electron chi connectivity index (χ4n) is 2.29. The van der Waals surface area contributed by atoms with Crippen LogP contribution in [-0.2, 0) is 6.42 Å². The van der Waals surface area contributed by atoms with E-state index in [4.69, 9.17) is 13.9 Å². The number of nitrogens with one attached hydrogen (secondary N) is 2. The minimum absolute atomic E-state index is 0.0560. The number of carbonyl (C=O) groups excluding carboxylic acids is 1. The minimum Gasteiger partial charge on any atom is -0.497 e. The molecule has 1 aromatic heterocycles. The highest BCUT2D eigenvalue weighted by Crippen LogP contribution is 2.25. The van der Waals surface area contributed by atoms with E-state index in [2.05, 4.69) is 20.8 Å². The summed E-state index contributed by atoms with van der Waals surface area (Å²) in [6, 6.07) is 10.3. The third-order valence-electron chi connectivity index (χ3n) is 3.57. The van der Waals surface area contributed by atoms with Crippen molar-refractivity contribution in [2.45, 2.75) is 6.42 Å². The van der Waals surface area contributed by atoms with Gasteiger partial charge in [0.15, 0.2) is 0 Å². The summed E-state index contributed by atoms with van der Waals surface area (Å²) >= 11 is 0. The average molecular weight is 372 g/mol. The molecular weight excluding hydrogens is 355 g/mol. The third kappa shape index (κ3) is 4.94. The Kier molecular flexibility index (Phi) is 5.50. The zero-order valence-electron chi connectivity index (χ0n) is 14.7. The van der Waals surface area contributed by atoms with Gasteiger partial charge in [-0.05, 0) is 17.7 Å². The number of urea groups is 1. The molecule has 140 valence electrons. The van der Waals surface area contributed by atoms with Gasteiger partial charge in [0, 0.05) is 23.9 Å². The summed E-state index contributed by atoms with van der Waals surface area (Å²) in [5.41, 5.74) is 1.27. The molecule has 0 aliphatic rings. The molecule has 0 saturated carbocycles. The van der Waals surface area contributed by atoms with Gasteiger partial charge in [-0.3, -0.25) is 5.32 Å². The number of nitrogens with zero attached hydrogens (tertiary/aromatic N) is 2. The van der Waals surface area contributed by atoms with Gasteiger partial charge in [-0.25, -0.2) is 9.18 Å². The molecule has 0 bridgehead atoms. The first kappa shape index (κ1) is 18.2. The molecule has 27 heavy (non-hydrogen) atoms. The molecular formula is C18H17FN4O4. The van der Waals surface area contributed by atoms with E-state index in [0.717, 1.165) is 5.56 Å². The lowest BCUT2D eigenvalue weighted by molar-refractivity contribution is 0.261. The van der Waals surface area contributed by atoms with Crippen LogP contribution in [0.5, 0.6) is 11.5 Å². The van der Waals surface area contributed by atoms with Gasteiger partial charge in [-0.15, -0.1) is 5.10 Å². The van der Waals surface area contributed by atoms with E-state index >= 15 is 0 Å². The van der Waals surface area contributed by atoms with Gasteiger partial charge in [0.2, 0.25) is 5.89 Å². The largest absolute Gasteiger partial charge is 0.497 e. The van der Waals surface area contributed by atoms with Crippen molar-refractivity contribution >= 4 is 17.7 Å². The predicted molar refractivity (Wildman–Crippen MR) is 95.7 cm³/mol. The standard InChI is InChI=1S/C18H17FN4O4/c1-25-14-8-13(9-15(10-14)26-2)20-17(24)21-18-23-22-16(27-18)7-11-3-5-12(19)6-4-11/h3-6,8-10H,7H2,1-2H3,(H2,20,21,23,24). The first-order valence-electron chi connectivity index (χ1n) is 7.93. The third-order valence-corrected chi connectivity index (χ3v) is 3.57. The molecule has 0 aliphatic carbocycles. The molecule has 3 aromatic rings. The summed E-state index contributed by atoms with van der Waals surface area (Å²) in [5, 5.41) is 12.7. The van der Waals surface area contributed by atoms with E-state index < -0.39 is 6.03 Å². The monoisotopic (exact) mass is 372 g/mol. The highest BCUT2D eigenvalue weighted by molar-refractivity contribution is 5.98. The van der Waals surface area contributed by atoms with Crippen LogP contribution in [0.2, 0.25) is 0 Å². The summed E-state index contributed by atoms with van der Waals surface area (Å²) < 4.78 is 28.6. The summed E-state index contributed by atoms with van der Waals surface area (Å²) in [6.45, 7) is 0. The fourth-order valence-corrected chi connectivity index (χ4v) is 2.29. The van der Waals surface area contributed by atoms with Crippen LogP contribution in [0.3, 0.4) is 0 Å². The van der Waals surface area contributed by atoms with Gasteiger partial charge in [-0.2, -0.15) is 0 Å². The van der Waals surface area contributed by atoms with Gasteiger partial charge in [0.25, 0.3) is 0 Å². The molecule has 8 nitrogen and oxygen atoms in total. The topological polar surface area (TPSA) is 98.5 Å². The van der Waals surface area contributed by atoms with Crippen molar-refractivity contribution in [3.8, 4) is 11.5 Å². The van der Waals surface area contributed by atoms with Crippen LogP contribution in [0, 0.1) is 5.82 Å². The summed E-state index contributed by atoms with van der Waals surface area (Å²) in [7, 11) is 3.03. The number of carbonyl (C=O) groups is 1. The minimum atomic E-state index is -0.567. The van der Waals surface area contributed by atoms with Crippen molar-refractivity contribution in [3.05, 3.63) is 59.7 Å². The number of ether oxygens (including phenoxy) is 2. The molecule has 2 aromatic carbocycles. The van der Waals surface area contributed by atoms with Crippen LogP contribution in [-0.4, -0.2) is 30.4 Å². The summed E-state index contributed by atoms with van der Waals surface area (Å²) in [4.78, 5) is 12.1. The zero-order valence-corrected chi connectivity index (χ0v) is 14.7. The molecule has 0 saturated heterocycles. The lowest BCUT2D eigenvalue weighted by Gasteiger charge is -2.09. The molecule has 9 heteroatoms. The smallest absolute Gasteiger partial charge is 0.327 e. The van der Waals surface area contributed by atoms with Crippen LogP contribution in [0.4, 0.5) is 20.9 Å². The first-order valence-corrected chi connectivity index (χ1v) is 7.93. The van der Waals surface area contributed by atoms with E-state index in [1.165, 1.54) is 26.4 Å². The highest BCUT2D eigenvalue weighted by Gasteiger charge is 2.12. The lowest BCUT2D eigenvalue weighted by atomic mass is 10.1. The highest BCUT2D eigenvalue weighted by atomic mass is 19.1. The Labute approximate surface area is 154 Å². The Morgan fingerprint density at radius 2 is 1.70 bits per heavy atom. The van der Waals surface area contributed by atoms with Crippen LogP contribution in [0.25, 0.3) is 0 Å². The number of hydrogen-bond donors (Lipinski definition) is 2. The Balaban J connectivity index is 1.61. The van der Waals surface area contributed by atoms with Crippen molar-refractivity contribution < 1.29 is 23.1 Å². The van der Waals surface area contributed by atoms with Crippen molar-refractivity contribution in [2.75, 3.05) is 24.9 Å². The predicted octanol–water partition coefficient (Wildman–Crippen LogP) is 3.46. The molecule has 3 rings (SSSR count). The Hall–Kier alpha value is -3.62. The Morgan fingerprint density at radius 1 is 1.04 bits per heavy atom. The summed E-state index contributed by atoms with van der Waals surface area (Å²) in [6.07, 6.45) is 0.323. The van der Waals surface area contributed by atoms with Crippen LogP contribution in [0.1, 0.15) is 11.5 Å². The van der Waals surface area contributed by atoms with Crippen LogP contribution >= 0.6 is 0 Å². The van der Waals surface area contributed by atoms with Gasteiger partial charge < -0.3 is 19.2 Å². The van der Waals surface area contributed by atoms with Gasteiger partial charge >= 0.3 is 12.0 Å². The molecule has 2 N–H and O–H groups in total. The Morgan fingerprint density at radius 3 is 2.33 bits per heavy atom. The van der Waals surface area contributed by atoms with Crippen molar-refractivity contribution in [2.24, 2.45) is 0 Å². The van der Waals surface area contributed by atoms with Gasteiger partial charge in [0.1, 0.15) is 17.3 Å². The van der Waals surface area contributed by atoms with E-state index in [0.29, 0.717) is 29.5 Å². The normalized spacial score (nSPS) is 10.3. The van der Waals surface area contributed by atoms with E-state index in [-0.39, 0.29) is 11.8 Å². The van der Waals surface area contributed by atoms with Gasteiger partial charge in [0.05, 0.1) is 20.6 Å². The number of aromatic nitrogens is 2. The van der Waals surface area contributed by atoms with Crippen LogP contribution < -0.4 is 20.1 Å². The maximum Gasteiger partial charge on any atom is 0.327 e. The van der Waals surface area contributed by atoms with E-state index in [9.17, 15) is 9.18 Å². The molecule has 0 unspecified atom stereocenters. The summed E-state index contributed by atoms with van der Waals surface area (Å²) in [5.74, 6) is 1.03. The molecule has 2 amide bonds. The lowest BCUT2D eigenvalue weighted by Crippen LogP contribution is -2.19. The van der Waals surface area contributed by atoms with Crippen molar-refractivity contribution in [1.82, 2.24) is 10.2 Å². The number of amides is 2. The quantitative estimate of drug-likeness (QED) is 0.688. The molecule has 0 fully saturated rings. The van der Waals surface area contributed by atoms with Crippen LogP contribution in [0.15, 0.2) is 46.9 Å². The number of anilines is 2. The van der Waals surface area contributed by atoms with E-state index in [1.54, 1.807) is 30.3 Å². The van der Waals surface area contributed by atoms with E-state index in [1.807, 2.05) is 0 Å². The number of benzene rings is 2. The maximum atomic E-state index is 12.9. The number of rotatable bonds is 6. The van der Waals surface area contributed by atoms with Crippen molar-refractivity contribution in [3.63, 3.8) is 0 Å². The first-order chi connectivity index (χ1) is 13.1. The van der Waals surface area contributed by atoms with Gasteiger partial charge in [-0.1, -0.05) is 17.2 Å². The SMILES string of the molecule is COc1cc(NC(=O)Nc2nnc(Cc3ccc(F)cc3)o2)cc(OC)c1. The maximum absolute atomic E-state index is 12.9. The fraction of sp³-hybridized carbons (Fsp3) is 0.167. The zero-order chi connectivity index (χ0) is 19.2. The molecule has 0 atom stereocenters. The second-order valence-electron chi connectivity index (χ2n) is 5.48. The number of methoxy groups -OCH3 is 2. The second kappa shape index (κ2) is 8.17. The Bertz CT molecular complexity index is 905. The number of halogens is 1. The van der Waals surface area contributed by atoms with Crippen molar-refractivity contribution in [1.29, 1.82) is 0 Å². The second-order valence-corrected chi connectivity index (χ2v) is 5.48. The molecule has 0 radical (unpaired) electrons. The number of hydrogen-bond acceptors (Lipinski definition) is 6.